The molecule has 0 radical (unpaired) electrons. The van der Waals surface area contributed by atoms with E-state index in [0.717, 1.165) is 12.2 Å². The fourth-order valence-electron chi connectivity index (χ4n) is 0.718. The SMILES string of the molecule is CCCSP(=O)(OCC)SC(C)C. The van der Waals surface area contributed by atoms with E-state index in [-0.39, 0.29) is 0 Å². The van der Waals surface area contributed by atoms with Crippen LogP contribution in [0.25, 0.3) is 0 Å². The molecular weight excluding hydrogens is 223 g/mol. The molecule has 0 saturated carbocycles. The van der Waals surface area contributed by atoms with E-state index in [4.69, 9.17) is 4.52 Å². The zero-order valence-corrected chi connectivity index (χ0v) is 11.3. The molecule has 0 aromatic rings. The monoisotopic (exact) mass is 242 g/mol. The maximum absolute atomic E-state index is 12.1. The first kappa shape index (κ1) is 13.9. The molecule has 0 aromatic carbocycles. The molecular formula is C8H19O2PS2. The van der Waals surface area contributed by atoms with Gasteiger partial charge in [0.15, 0.2) is 0 Å². The van der Waals surface area contributed by atoms with Crippen molar-refractivity contribution in [1.82, 2.24) is 0 Å². The average molecular weight is 242 g/mol. The highest BCUT2D eigenvalue weighted by Gasteiger charge is 2.25. The van der Waals surface area contributed by atoms with Crippen molar-refractivity contribution in [3.63, 3.8) is 0 Å². The van der Waals surface area contributed by atoms with Crippen LogP contribution in [0.15, 0.2) is 0 Å². The third kappa shape index (κ3) is 6.89. The minimum absolute atomic E-state index is 0.363. The van der Waals surface area contributed by atoms with Gasteiger partial charge < -0.3 is 4.52 Å². The highest BCUT2D eigenvalue weighted by Crippen LogP contribution is 2.71. The van der Waals surface area contributed by atoms with Crippen LogP contribution < -0.4 is 0 Å². The molecule has 5 heteroatoms. The van der Waals surface area contributed by atoms with Gasteiger partial charge in [0.2, 0.25) is 0 Å². The third-order valence-electron chi connectivity index (χ3n) is 1.08. The first-order valence-electron chi connectivity index (χ1n) is 4.61. The predicted octanol–water partition coefficient (Wildman–Crippen LogP) is 4.42. The molecule has 1 unspecified atom stereocenters. The Labute approximate surface area is 89.5 Å². The normalized spacial score (nSPS) is 16.1. The van der Waals surface area contributed by atoms with Gasteiger partial charge in [-0.05, 0) is 13.3 Å². The van der Waals surface area contributed by atoms with E-state index in [1.165, 1.54) is 22.8 Å². The Morgan fingerprint density at radius 1 is 1.38 bits per heavy atom. The highest BCUT2D eigenvalue weighted by molar-refractivity contribution is 8.89. The van der Waals surface area contributed by atoms with E-state index in [1.807, 2.05) is 20.8 Å². The van der Waals surface area contributed by atoms with Crippen molar-refractivity contribution in [3.05, 3.63) is 0 Å². The number of rotatable bonds is 7. The zero-order chi connectivity index (χ0) is 10.3. The molecule has 0 aliphatic heterocycles. The molecule has 0 N–H and O–H groups in total. The Bertz CT molecular complexity index is 174. The van der Waals surface area contributed by atoms with E-state index >= 15 is 0 Å². The summed E-state index contributed by atoms with van der Waals surface area (Å²) in [5, 5.41) is 0.363. The Hall–Kier alpha value is 0.890. The molecule has 0 rings (SSSR count). The van der Waals surface area contributed by atoms with Gasteiger partial charge in [-0.25, -0.2) is 0 Å². The quantitative estimate of drug-likeness (QED) is 0.617. The Kier molecular flexibility index (Phi) is 7.71. The van der Waals surface area contributed by atoms with Gasteiger partial charge in [0, 0.05) is 11.0 Å². The van der Waals surface area contributed by atoms with Crippen LogP contribution >= 0.6 is 28.5 Å². The zero-order valence-electron chi connectivity index (χ0n) is 8.78. The summed E-state index contributed by atoms with van der Waals surface area (Å²) >= 11 is 2.94. The summed E-state index contributed by atoms with van der Waals surface area (Å²) in [5.41, 5.74) is 0. The van der Waals surface area contributed by atoms with Crippen molar-refractivity contribution in [3.8, 4) is 0 Å². The van der Waals surface area contributed by atoms with Crippen molar-refractivity contribution in [2.45, 2.75) is 39.4 Å². The molecule has 1 atom stereocenters. The van der Waals surface area contributed by atoms with E-state index in [1.54, 1.807) is 0 Å². The summed E-state index contributed by atoms with van der Waals surface area (Å²) < 4.78 is 17.4. The predicted molar refractivity (Wildman–Crippen MR) is 64.7 cm³/mol. The molecule has 0 aliphatic carbocycles. The lowest BCUT2D eigenvalue weighted by molar-refractivity contribution is 0.357. The Morgan fingerprint density at radius 3 is 2.38 bits per heavy atom. The topological polar surface area (TPSA) is 26.3 Å². The molecule has 80 valence electrons. The van der Waals surface area contributed by atoms with Gasteiger partial charge in [0.1, 0.15) is 0 Å². The summed E-state index contributed by atoms with van der Waals surface area (Å²) in [4.78, 5) is 0. The van der Waals surface area contributed by atoms with Crippen molar-refractivity contribution >= 4 is 28.5 Å². The van der Waals surface area contributed by atoms with Gasteiger partial charge in [-0.3, -0.25) is 4.57 Å². The third-order valence-corrected chi connectivity index (χ3v) is 9.13. The summed E-state index contributed by atoms with van der Waals surface area (Å²) in [6.07, 6.45) is 1.04. The van der Waals surface area contributed by atoms with Crippen molar-refractivity contribution in [1.29, 1.82) is 0 Å². The smallest absolute Gasteiger partial charge is 0.313 e. The molecule has 0 saturated heterocycles. The van der Waals surface area contributed by atoms with Gasteiger partial charge >= 0.3 is 5.77 Å². The molecule has 0 spiro atoms. The molecule has 0 bridgehead atoms. The van der Waals surface area contributed by atoms with Crippen molar-refractivity contribution in [2.24, 2.45) is 0 Å². The second-order valence-corrected chi connectivity index (χ2v) is 10.8. The van der Waals surface area contributed by atoms with Crippen LogP contribution in [-0.2, 0) is 9.09 Å². The highest BCUT2D eigenvalue weighted by atomic mass is 33.1. The minimum atomic E-state index is -2.46. The number of hydrogen-bond acceptors (Lipinski definition) is 4. The van der Waals surface area contributed by atoms with Gasteiger partial charge in [0.25, 0.3) is 0 Å². The molecule has 13 heavy (non-hydrogen) atoms. The van der Waals surface area contributed by atoms with Crippen LogP contribution in [-0.4, -0.2) is 17.6 Å². The second-order valence-electron chi connectivity index (χ2n) is 2.85. The van der Waals surface area contributed by atoms with Crippen molar-refractivity contribution < 1.29 is 9.09 Å². The van der Waals surface area contributed by atoms with Gasteiger partial charge in [0.05, 0.1) is 6.61 Å². The Morgan fingerprint density at radius 2 is 2.00 bits per heavy atom. The lowest BCUT2D eigenvalue weighted by Crippen LogP contribution is -1.90. The van der Waals surface area contributed by atoms with E-state index in [9.17, 15) is 4.57 Å². The average Bonchev–Trinajstić information content (AvgIpc) is 2.00. The largest absolute Gasteiger partial charge is 0.314 e. The van der Waals surface area contributed by atoms with Crippen LogP contribution in [0.2, 0.25) is 0 Å². The first-order chi connectivity index (χ1) is 6.04. The van der Waals surface area contributed by atoms with Gasteiger partial charge in [-0.2, -0.15) is 0 Å². The van der Waals surface area contributed by atoms with Crippen LogP contribution in [0, 0.1) is 0 Å². The number of hydrogen-bond donors (Lipinski definition) is 0. The maximum Gasteiger partial charge on any atom is 0.313 e. The lowest BCUT2D eigenvalue weighted by Gasteiger charge is -2.17. The van der Waals surface area contributed by atoms with E-state index < -0.39 is 5.77 Å². The van der Waals surface area contributed by atoms with E-state index in [2.05, 4.69) is 6.92 Å². The summed E-state index contributed by atoms with van der Waals surface area (Å²) in [5.74, 6) is -1.54. The van der Waals surface area contributed by atoms with Gasteiger partial charge in [-0.15, -0.1) is 0 Å². The second kappa shape index (κ2) is 7.22. The van der Waals surface area contributed by atoms with Crippen LogP contribution in [0.4, 0.5) is 0 Å². The first-order valence-corrected chi connectivity index (χ1v) is 9.31. The molecule has 0 aliphatic rings. The summed E-state index contributed by atoms with van der Waals surface area (Å²) in [7, 11) is 0. The fourth-order valence-corrected chi connectivity index (χ4v) is 8.91. The maximum atomic E-state index is 12.1. The lowest BCUT2D eigenvalue weighted by atomic mass is 10.6. The van der Waals surface area contributed by atoms with Crippen molar-refractivity contribution in [2.75, 3.05) is 12.4 Å². The minimum Gasteiger partial charge on any atom is -0.314 e. The van der Waals surface area contributed by atoms with Crippen LogP contribution in [0.5, 0.6) is 0 Å². The molecule has 0 aromatic heterocycles. The summed E-state index contributed by atoms with van der Waals surface area (Å²) in [6, 6.07) is 0. The summed E-state index contributed by atoms with van der Waals surface area (Å²) in [6.45, 7) is 8.60. The van der Waals surface area contributed by atoms with Gasteiger partial charge in [-0.1, -0.05) is 43.5 Å². The fraction of sp³-hybridized carbons (Fsp3) is 1.00. The van der Waals surface area contributed by atoms with Crippen LogP contribution in [0.1, 0.15) is 34.1 Å². The van der Waals surface area contributed by atoms with Crippen LogP contribution in [0.3, 0.4) is 0 Å². The molecule has 0 amide bonds. The molecule has 0 fully saturated rings. The molecule has 2 nitrogen and oxygen atoms in total. The molecule has 0 heterocycles. The Balaban J connectivity index is 4.08. The van der Waals surface area contributed by atoms with E-state index in [0.29, 0.717) is 11.9 Å². The standard InChI is InChI=1S/C8H19O2PS2/c1-5-7-12-11(9,10-6-2)13-8(3)4/h8H,5-7H2,1-4H3.